The minimum Gasteiger partial charge on any atom is -0.388 e. The van der Waals surface area contributed by atoms with Crippen LogP contribution in [0.4, 0.5) is 0 Å². The summed E-state index contributed by atoms with van der Waals surface area (Å²) in [6, 6.07) is 9.96. The van der Waals surface area contributed by atoms with E-state index < -0.39 is 6.10 Å². The van der Waals surface area contributed by atoms with Gasteiger partial charge in [-0.25, -0.2) is 0 Å². The molecule has 1 amide bonds. The topological polar surface area (TPSA) is 67.6 Å². The van der Waals surface area contributed by atoms with Gasteiger partial charge in [0.1, 0.15) is 6.10 Å². The number of benzene rings is 1. The fraction of sp³-hybridized carbons (Fsp3) is 0.412. The van der Waals surface area contributed by atoms with Crippen LogP contribution in [0, 0.1) is 0 Å². The zero-order valence-electron chi connectivity index (χ0n) is 13.1. The van der Waals surface area contributed by atoms with Crippen molar-refractivity contribution in [3.8, 4) is 0 Å². The normalized spacial score (nSPS) is 20.9. The molecular weight excluding hydrogens is 294 g/mol. The summed E-state index contributed by atoms with van der Waals surface area (Å²) in [6.45, 7) is 3.74. The van der Waals surface area contributed by atoms with Gasteiger partial charge in [-0.15, -0.1) is 0 Å². The highest BCUT2D eigenvalue weighted by molar-refractivity contribution is 5.94. The molecule has 0 radical (unpaired) electrons. The van der Waals surface area contributed by atoms with E-state index in [1.165, 1.54) is 0 Å². The molecule has 0 spiro atoms. The number of hydrogen-bond donors (Lipinski definition) is 1. The zero-order chi connectivity index (χ0) is 16.2. The Morgan fingerprint density at radius 1 is 1.35 bits per heavy atom. The molecule has 1 saturated heterocycles. The van der Waals surface area contributed by atoms with Crippen molar-refractivity contribution in [1.29, 1.82) is 0 Å². The van der Waals surface area contributed by atoms with Crippen molar-refractivity contribution in [3.63, 3.8) is 0 Å². The largest absolute Gasteiger partial charge is 0.388 e. The van der Waals surface area contributed by atoms with Gasteiger partial charge in [0.25, 0.3) is 5.91 Å². The van der Waals surface area contributed by atoms with Crippen LogP contribution in [0.3, 0.4) is 0 Å². The van der Waals surface area contributed by atoms with Crippen molar-refractivity contribution in [2.45, 2.75) is 25.7 Å². The number of carbonyl (C=O) groups excluding carboxylic acids is 1. The van der Waals surface area contributed by atoms with Gasteiger partial charge in [0.05, 0.1) is 24.4 Å². The predicted molar refractivity (Wildman–Crippen MR) is 85.1 cm³/mol. The summed E-state index contributed by atoms with van der Waals surface area (Å²) in [5.74, 6) is -0.120. The molecule has 0 saturated carbocycles. The summed E-state index contributed by atoms with van der Waals surface area (Å²) in [5, 5.41) is 14.2. The van der Waals surface area contributed by atoms with Crippen LogP contribution in [0.1, 0.15) is 22.8 Å². The number of ether oxygens (including phenoxy) is 1. The molecule has 6 heteroatoms. The van der Waals surface area contributed by atoms with E-state index in [4.69, 9.17) is 4.74 Å². The zero-order valence-corrected chi connectivity index (χ0v) is 13.1. The van der Waals surface area contributed by atoms with Crippen LogP contribution in [-0.2, 0) is 11.3 Å². The molecule has 1 aliphatic rings. The van der Waals surface area contributed by atoms with Crippen LogP contribution in [0.2, 0.25) is 0 Å². The van der Waals surface area contributed by atoms with Gasteiger partial charge in [-0.1, -0.05) is 30.3 Å². The van der Waals surface area contributed by atoms with E-state index in [1.54, 1.807) is 22.0 Å². The lowest BCUT2D eigenvalue weighted by Crippen LogP contribution is -2.29. The first kappa shape index (κ1) is 15.7. The third-order valence-corrected chi connectivity index (χ3v) is 3.97. The highest BCUT2D eigenvalue weighted by Crippen LogP contribution is 2.17. The van der Waals surface area contributed by atoms with Crippen LogP contribution >= 0.6 is 0 Å². The Morgan fingerprint density at radius 2 is 2.13 bits per heavy atom. The highest BCUT2D eigenvalue weighted by Gasteiger charge is 2.35. The third-order valence-electron chi connectivity index (χ3n) is 3.97. The minimum absolute atomic E-state index is 0.120. The Balaban J connectivity index is 1.65. The number of aromatic nitrogens is 2. The summed E-state index contributed by atoms with van der Waals surface area (Å²) in [6.07, 6.45) is 2.39. The second-order valence-electron chi connectivity index (χ2n) is 5.68. The average Bonchev–Trinajstić information content (AvgIpc) is 3.16. The van der Waals surface area contributed by atoms with Crippen molar-refractivity contribution < 1.29 is 14.6 Å². The van der Waals surface area contributed by atoms with E-state index in [1.807, 2.05) is 37.3 Å². The molecule has 23 heavy (non-hydrogen) atoms. The van der Waals surface area contributed by atoms with Crippen molar-refractivity contribution in [2.24, 2.45) is 0 Å². The summed E-state index contributed by atoms with van der Waals surface area (Å²) in [7, 11) is 0. The fourth-order valence-corrected chi connectivity index (χ4v) is 2.81. The van der Waals surface area contributed by atoms with E-state index in [2.05, 4.69) is 5.10 Å². The summed E-state index contributed by atoms with van der Waals surface area (Å²) in [5.41, 5.74) is 1.66. The van der Waals surface area contributed by atoms with Gasteiger partial charge in [0.2, 0.25) is 0 Å². The van der Waals surface area contributed by atoms with Gasteiger partial charge in [-0.3, -0.25) is 9.48 Å². The van der Waals surface area contributed by atoms with E-state index in [0.717, 1.165) is 5.56 Å². The number of β-amino-alcohol motifs (C(OH)–C–C–N with tert-alkyl or cyclic N) is 1. The molecule has 6 nitrogen and oxygen atoms in total. The second kappa shape index (κ2) is 6.93. The fourth-order valence-electron chi connectivity index (χ4n) is 2.81. The molecule has 1 fully saturated rings. The average molecular weight is 315 g/mol. The van der Waals surface area contributed by atoms with E-state index in [-0.39, 0.29) is 12.0 Å². The number of nitrogens with zero attached hydrogens (tertiary/aromatic N) is 3. The quantitative estimate of drug-likeness (QED) is 0.899. The molecule has 2 aromatic rings. The minimum atomic E-state index is -0.627. The lowest BCUT2D eigenvalue weighted by atomic mass is 10.2. The van der Waals surface area contributed by atoms with Crippen LogP contribution in [0.5, 0.6) is 0 Å². The maximum Gasteiger partial charge on any atom is 0.257 e. The van der Waals surface area contributed by atoms with Crippen molar-refractivity contribution >= 4 is 5.91 Å². The molecule has 1 aromatic carbocycles. The Kier molecular flexibility index (Phi) is 4.73. The van der Waals surface area contributed by atoms with Gasteiger partial charge < -0.3 is 14.7 Å². The molecule has 1 N–H and O–H groups in total. The first-order chi connectivity index (χ1) is 11.2. The van der Waals surface area contributed by atoms with E-state index in [9.17, 15) is 9.90 Å². The van der Waals surface area contributed by atoms with Crippen LogP contribution < -0.4 is 0 Å². The summed E-state index contributed by atoms with van der Waals surface area (Å²) >= 11 is 0. The molecule has 122 valence electrons. The Labute approximate surface area is 135 Å². The maximum absolute atomic E-state index is 12.5. The monoisotopic (exact) mass is 315 g/mol. The molecule has 1 aromatic heterocycles. The molecule has 2 atom stereocenters. The summed E-state index contributed by atoms with van der Waals surface area (Å²) in [4.78, 5) is 14.1. The second-order valence-corrected chi connectivity index (χ2v) is 5.68. The SMILES string of the molecule is CCO[C@H]1CN(C(=O)c2cnn(Cc3ccccc3)c2)C[C@@H]1O. The number of rotatable bonds is 5. The lowest BCUT2D eigenvalue weighted by Gasteiger charge is -2.14. The molecule has 1 aliphatic heterocycles. The van der Waals surface area contributed by atoms with E-state index >= 15 is 0 Å². The van der Waals surface area contributed by atoms with Crippen LogP contribution in [0.25, 0.3) is 0 Å². The highest BCUT2D eigenvalue weighted by atomic mass is 16.5. The molecule has 3 rings (SSSR count). The van der Waals surface area contributed by atoms with Gasteiger partial charge in [-0.2, -0.15) is 5.10 Å². The predicted octanol–water partition coefficient (Wildman–Crippen LogP) is 1.15. The van der Waals surface area contributed by atoms with Gasteiger partial charge in [0, 0.05) is 25.9 Å². The van der Waals surface area contributed by atoms with Gasteiger partial charge in [0.15, 0.2) is 0 Å². The Morgan fingerprint density at radius 3 is 2.87 bits per heavy atom. The number of carbonyl (C=O) groups is 1. The van der Waals surface area contributed by atoms with Crippen molar-refractivity contribution in [1.82, 2.24) is 14.7 Å². The van der Waals surface area contributed by atoms with Gasteiger partial charge >= 0.3 is 0 Å². The van der Waals surface area contributed by atoms with Crippen LogP contribution in [0.15, 0.2) is 42.7 Å². The maximum atomic E-state index is 12.5. The smallest absolute Gasteiger partial charge is 0.257 e. The molecule has 0 aliphatic carbocycles. The van der Waals surface area contributed by atoms with Crippen molar-refractivity contribution in [3.05, 3.63) is 53.9 Å². The Hall–Kier alpha value is -2.18. The van der Waals surface area contributed by atoms with E-state index in [0.29, 0.717) is 31.8 Å². The number of hydrogen-bond acceptors (Lipinski definition) is 4. The Bertz CT molecular complexity index is 656. The standard InChI is InChI=1S/C17H21N3O3/c1-2-23-16-12-19(11-15(16)21)17(22)14-8-18-20(10-14)9-13-6-4-3-5-7-13/h3-8,10,15-16,21H,2,9,11-12H2,1H3/t15-,16-/m0/s1. The van der Waals surface area contributed by atoms with Crippen molar-refractivity contribution in [2.75, 3.05) is 19.7 Å². The number of aliphatic hydroxyl groups is 1. The third kappa shape index (κ3) is 3.60. The number of aliphatic hydroxyl groups excluding tert-OH is 1. The molecular formula is C17H21N3O3. The lowest BCUT2D eigenvalue weighted by molar-refractivity contribution is -0.00237. The van der Waals surface area contributed by atoms with Gasteiger partial charge in [-0.05, 0) is 12.5 Å². The molecule has 0 bridgehead atoms. The number of likely N-dealkylation sites (tertiary alicyclic amines) is 1. The van der Waals surface area contributed by atoms with Crippen LogP contribution in [-0.4, -0.2) is 57.6 Å². The molecule has 2 heterocycles. The molecule has 0 unspecified atom stereocenters. The first-order valence-corrected chi connectivity index (χ1v) is 7.82. The first-order valence-electron chi connectivity index (χ1n) is 7.82. The number of amides is 1. The summed E-state index contributed by atoms with van der Waals surface area (Å²) < 4.78 is 7.20.